The molecule has 2 N–H and O–H groups in total. The zero-order valence-electron chi connectivity index (χ0n) is 14.7. The predicted molar refractivity (Wildman–Crippen MR) is 88.0 cm³/mol. The number of aliphatic carboxylic acids is 1. The van der Waals surface area contributed by atoms with Gasteiger partial charge in [0, 0.05) is 11.8 Å². The molecule has 0 saturated carbocycles. The molecule has 0 aromatic rings. The zero-order valence-corrected chi connectivity index (χ0v) is 18.3. The maximum absolute atomic E-state index is 11.9. The molecule has 2 unspecified atom stereocenters. The molecule has 132 valence electrons. The Kier molecular flexibility index (Phi) is 13.8. The van der Waals surface area contributed by atoms with Gasteiger partial charge in [-0.15, -0.1) is 0 Å². The van der Waals surface area contributed by atoms with E-state index in [2.05, 4.69) is 26.2 Å². The summed E-state index contributed by atoms with van der Waals surface area (Å²) >= 11 is 3.11. The monoisotopic (exact) mass is 414 g/mol. The van der Waals surface area contributed by atoms with Crippen molar-refractivity contribution in [1.29, 1.82) is 0 Å². The molecule has 1 heterocycles. The minimum absolute atomic E-state index is 0. The molecule has 24 heavy (non-hydrogen) atoms. The van der Waals surface area contributed by atoms with Crippen LogP contribution in [0.15, 0.2) is 4.99 Å². The van der Waals surface area contributed by atoms with Crippen molar-refractivity contribution in [1.82, 2.24) is 5.32 Å². The largest absolute Gasteiger partial charge is 1.00 e. The number of alkyl halides is 1. The number of hydrogen-bond acceptors (Lipinski definition) is 4. The van der Waals surface area contributed by atoms with Gasteiger partial charge in [-0.25, -0.2) is 4.99 Å². The molecular weight excluding hydrogens is 391 g/mol. The molecular formula is C15H24BrN2NaO5. The van der Waals surface area contributed by atoms with E-state index in [1.165, 1.54) is 0 Å². The van der Waals surface area contributed by atoms with Crippen molar-refractivity contribution in [2.24, 2.45) is 16.3 Å². The SMILES string of the molecule is CCCC(C)C1(CC)C(=O)N=C([O-])NC1=O.O=C(O)CCCBr.[Na+]. The number of aliphatic imine (C=N–C) groups is 1. The van der Waals surface area contributed by atoms with Crippen LogP contribution in [-0.2, 0) is 14.4 Å². The maximum Gasteiger partial charge on any atom is 1.00 e. The summed E-state index contributed by atoms with van der Waals surface area (Å²) in [4.78, 5) is 36.8. The molecule has 1 aliphatic heterocycles. The normalized spacial score (nSPS) is 20.8. The van der Waals surface area contributed by atoms with E-state index in [-0.39, 0.29) is 41.9 Å². The van der Waals surface area contributed by atoms with Gasteiger partial charge in [0.1, 0.15) is 5.41 Å². The van der Waals surface area contributed by atoms with Crippen LogP contribution in [0.1, 0.15) is 52.9 Å². The quantitative estimate of drug-likeness (QED) is 0.296. The summed E-state index contributed by atoms with van der Waals surface area (Å²) in [6, 6.07) is -0.845. The van der Waals surface area contributed by atoms with Crippen molar-refractivity contribution in [3.05, 3.63) is 0 Å². The Bertz CT molecular complexity index is 473. The van der Waals surface area contributed by atoms with E-state index >= 15 is 0 Å². The van der Waals surface area contributed by atoms with Crippen LogP contribution in [0.3, 0.4) is 0 Å². The van der Waals surface area contributed by atoms with E-state index in [9.17, 15) is 19.5 Å². The van der Waals surface area contributed by atoms with Gasteiger partial charge in [-0.2, -0.15) is 0 Å². The van der Waals surface area contributed by atoms with Gasteiger partial charge in [-0.3, -0.25) is 14.4 Å². The molecule has 0 aliphatic carbocycles. The van der Waals surface area contributed by atoms with Crippen molar-refractivity contribution < 1.29 is 54.2 Å². The minimum atomic E-state index is -1.15. The van der Waals surface area contributed by atoms with Gasteiger partial charge >= 0.3 is 35.5 Å². The van der Waals surface area contributed by atoms with Gasteiger partial charge in [-0.1, -0.05) is 43.1 Å². The van der Waals surface area contributed by atoms with Gasteiger partial charge < -0.3 is 15.5 Å². The van der Waals surface area contributed by atoms with Crippen molar-refractivity contribution in [3.63, 3.8) is 0 Å². The Labute approximate surface area is 173 Å². The van der Waals surface area contributed by atoms with Crippen molar-refractivity contribution >= 4 is 39.7 Å². The third kappa shape index (κ3) is 7.21. The number of carbonyl (C=O) groups excluding carboxylic acids is 2. The van der Waals surface area contributed by atoms with Gasteiger partial charge in [-0.05, 0) is 25.2 Å². The van der Waals surface area contributed by atoms with Crippen LogP contribution in [0.5, 0.6) is 0 Å². The van der Waals surface area contributed by atoms with Crippen LogP contribution in [0.25, 0.3) is 0 Å². The van der Waals surface area contributed by atoms with Crippen LogP contribution >= 0.6 is 15.9 Å². The van der Waals surface area contributed by atoms with Gasteiger partial charge in [0.05, 0.1) is 6.02 Å². The van der Waals surface area contributed by atoms with Crippen LogP contribution in [0.2, 0.25) is 0 Å². The number of amides is 2. The fourth-order valence-corrected chi connectivity index (χ4v) is 2.80. The van der Waals surface area contributed by atoms with Crippen LogP contribution < -0.4 is 40.0 Å². The molecule has 1 aliphatic rings. The van der Waals surface area contributed by atoms with E-state index < -0.39 is 29.2 Å². The maximum atomic E-state index is 11.9. The minimum Gasteiger partial charge on any atom is -0.846 e. The van der Waals surface area contributed by atoms with E-state index in [4.69, 9.17) is 5.11 Å². The second-order valence-corrected chi connectivity index (χ2v) is 6.17. The average Bonchev–Trinajstić information content (AvgIpc) is 2.46. The molecule has 1 rings (SSSR count). The molecule has 0 saturated heterocycles. The molecule has 2 amide bonds. The average molecular weight is 415 g/mol. The molecule has 2 atom stereocenters. The van der Waals surface area contributed by atoms with E-state index in [1.807, 2.05) is 13.8 Å². The second-order valence-electron chi connectivity index (χ2n) is 5.38. The molecule has 0 spiro atoms. The molecule has 9 heteroatoms. The fourth-order valence-electron chi connectivity index (χ4n) is 2.52. The number of nitrogens with one attached hydrogen (secondary N) is 1. The molecule has 0 aromatic heterocycles. The molecule has 0 fully saturated rings. The third-order valence-corrected chi connectivity index (χ3v) is 4.42. The first-order valence-corrected chi connectivity index (χ1v) is 8.77. The van der Waals surface area contributed by atoms with E-state index in [0.29, 0.717) is 6.42 Å². The predicted octanol–water partition coefficient (Wildman–Crippen LogP) is -1.56. The number of nitrogens with zero attached hydrogens (tertiary/aromatic N) is 1. The Morgan fingerprint density at radius 2 is 2.00 bits per heavy atom. The van der Waals surface area contributed by atoms with Crippen LogP contribution in [0, 0.1) is 11.3 Å². The van der Waals surface area contributed by atoms with E-state index in [0.717, 1.165) is 24.6 Å². The first kappa shape index (κ1) is 25.8. The number of halogens is 1. The number of amidine groups is 1. The number of carbonyl (C=O) groups is 3. The summed E-state index contributed by atoms with van der Waals surface area (Å²) in [5, 5.41) is 21.9. The Morgan fingerprint density at radius 1 is 1.42 bits per heavy atom. The van der Waals surface area contributed by atoms with Crippen molar-refractivity contribution in [3.8, 4) is 0 Å². The number of rotatable bonds is 7. The second kappa shape index (κ2) is 12.9. The Morgan fingerprint density at radius 3 is 2.33 bits per heavy atom. The first-order chi connectivity index (χ1) is 10.8. The smallest absolute Gasteiger partial charge is 0.846 e. The summed E-state index contributed by atoms with van der Waals surface area (Å²) in [7, 11) is 0. The van der Waals surface area contributed by atoms with E-state index in [1.54, 1.807) is 6.92 Å². The van der Waals surface area contributed by atoms with Crippen molar-refractivity contribution in [2.45, 2.75) is 52.9 Å². The molecule has 7 nitrogen and oxygen atoms in total. The standard InChI is InChI=1S/C11H18N2O3.C4H7BrO2.Na/c1-4-6-7(3)11(5-2)8(14)12-10(16)13-9(11)15;5-3-1-2-4(6)7;/h7H,4-6H2,1-3H3,(H2,12,13,14,15,16);1-3H2,(H,6,7);/q;;+1/p-1. The fraction of sp³-hybridized carbons (Fsp3) is 0.733. The summed E-state index contributed by atoms with van der Waals surface area (Å²) in [6.07, 6.45) is 3.00. The Balaban J connectivity index is 0. The van der Waals surface area contributed by atoms with Crippen molar-refractivity contribution in [2.75, 3.05) is 5.33 Å². The Hall–Kier alpha value is -0.440. The van der Waals surface area contributed by atoms with Gasteiger partial charge in [0.25, 0.3) is 5.91 Å². The zero-order chi connectivity index (χ0) is 18.0. The first-order valence-electron chi connectivity index (χ1n) is 7.65. The topological polar surface area (TPSA) is 119 Å². The summed E-state index contributed by atoms with van der Waals surface area (Å²) in [5.74, 6) is -1.92. The number of hydrogen-bond donors (Lipinski definition) is 2. The third-order valence-electron chi connectivity index (χ3n) is 3.86. The van der Waals surface area contributed by atoms with Crippen LogP contribution in [0.4, 0.5) is 0 Å². The summed E-state index contributed by atoms with van der Waals surface area (Å²) < 4.78 is 0. The van der Waals surface area contributed by atoms with Gasteiger partial charge in [0.2, 0.25) is 5.91 Å². The number of carboxylic acids is 1. The number of carboxylic acid groups (broad SMARTS) is 1. The summed E-state index contributed by atoms with van der Waals surface area (Å²) in [5.41, 5.74) is -1.15. The van der Waals surface area contributed by atoms with Crippen LogP contribution in [-0.4, -0.2) is 34.2 Å². The summed E-state index contributed by atoms with van der Waals surface area (Å²) in [6.45, 7) is 5.62. The van der Waals surface area contributed by atoms with Gasteiger partial charge in [0.15, 0.2) is 0 Å². The molecule has 0 aromatic carbocycles. The molecule has 0 bridgehead atoms. The molecule has 0 radical (unpaired) electrons.